The number of para-hydroxylation sites is 1. The Labute approximate surface area is 93.6 Å². The Kier molecular flexibility index (Phi) is 3.10. The molecule has 0 aromatic heterocycles. The van der Waals surface area contributed by atoms with E-state index in [2.05, 4.69) is 5.32 Å². The average molecular weight is 227 g/mol. The third kappa shape index (κ3) is 1.67. The molecule has 1 aliphatic heterocycles. The zero-order valence-electron chi connectivity index (χ0n) is 9.17. The van der Waals surface area contributed by atoms with E-state index >= 15 is 0 Å². The highest BCUT2D eigenvalue weighted by atomic mass is 19.3. The predicted octanol–water partition coefficient (Wildman–Crippen LogP) is 2.54. The van der Waals surface area contributed by atoms with Crippen molar-refractivity contribution in [3.8, 4) is 5.75 Å². The SMILES string of the molecule is CCNC1(C(F)F)CCOc2ccccc21. The van der Waals surface area contributed by atoms with Gasteiger partial charge in [-0.25, -0.2) is 8.78 Å². The van der Waals surface area contributed by atoms with Gasteiger partial charge in [-0.15, -0.1) is 0 Å². The van der Waals surface area contributed by atoms with E-state index in [1.165, 1.54) is 0 Å². The molecule has 0 radical (unpaired) electrons. The van der Waals surface area contributed by atoms with Gasteiger partial charge < -0.3 is 10.1 Å². The van der Waals surface area contributed by atoms with Crippen molar-refractivity contribution in [3.05, 3.63) is 29.8 Å². The molecule has 1 aromatic carbocycles. The highest BCUT2D eigenvalue weighted by Gasteiger charge is 2.44. The van der Waals surface area contributed by atoms with Gasteiger partial charge >= 0.3 is 0 Å². The van der Waals surface area contributed by atoms with Crippen LogP contribution in [-0.2, 0) is 5.54 Å². The first kappa shape index (κ1) is 11.3. The van der Waals surface area contributed by atoms with E-state index in [-0.39, 0.29) is 0 Å². The van der Waals surface area contributed by atoms with Crippen LogP contribution in [0.4, 0.5) is 8.78 Å². The second kappa shape index (κ2) is 4.37. The van der Waals surface area contributed by atoms with Crippen LogP contribution in [0, 0.1) is 0 Å². The van der Waals surface area contributed by atoms with E-state index in [0.717, 1.165) is 0 Å². The Balaban J connectivity index is 2.48. The minimum absolute atomic E-state index is 0.301. The van der Waals surface area contributed by atoms with Crippen molar-refractivity contribution >= 4 is 0 Å². The van der Waals surface area contributed by atoms with Crippen LogP contribution in [0.5, 0.6) is 5.75 Å². The van der Waals surface area contributed by atoms with Crippen LogP contribution in [0.15, 0.2) is 24.3 Å². The van der Waals surface area contributed by atoms with Gasteiger partial charge in [0, 0.05) is 12.0 Å². The number of ether oxygens (including phenoxy) is 1. The molecule has 4 heteroatoms. The summed E-state index contributed by atoms with van der Waals surface area (Å²) >= 11 is 0. The van der Waals surface area contributed by atoms with Crippen LogP contribution in [0.2, 0.25) is 0 Å². The summed E-state index contributed by atoms with van der Waals surface area (Å²) < 4.78 is 32.0. The fraction of sp³-hybridized carbons (Fsp3) is 0.500. The van der Waals surface area contributed by atoms with Crippen molar-refractivity contribution in [1.29, 1.82) is 0 Å². The normalized spacial score (nSPS) is 24.0. The summed E-state index contributed by atoms with van der Waals surface area (Å²) in [5.41, 5.74) is -0.679. The van der Waals surface area contributed by atoms with Crippen LogP contribution < -0.4 is 10.1 Å². The van der Waals surface area contributed by atoms with Gasteiger partial charge in [0.1, 0.15) is 11.3 Å². The molecule has 2 nitrogen and oxygen atoms in total. The van der Waals surface area contributed by atoms with Gasteiger partial charge in [-0.2, -0.15) is 0 Å². The van der Waals surface area contributed by atoms with E-state index in [4.69, 9.17) is 4.74 Å². The van der Waals surface area contributed by atoms with Crippen molar-refractivity contribution in [2.75, 3.05) is 13.2 Å². The lowest BCUT2D eigenvalue weighted by Crippen LogP contribution is -2.51. The summed E-state index contributed by atoms with van der Waals surface area (Å²) in [6.45, 7) is 2.68. The number of fused-ring (bicyclic) bond motifs is 1. The maximum Gasteiger partial charge on any atom is 0.260 e. The summed E-state index contributed by atoms with van der Waals surface area (Å²) in [6.07, 6.45) is -2.13. The minimum Gasteiger partial charge on any atom is -0.493 e. The highest BCUT2D eigenvalue weighted by Crippen LogP contribution is 2.40. The van der Waals surface area contributed by atoms with Crippen molar-refractivity contribution < 1.29 is 13.5 Å². The Bertz CT molecular complexity index is 370. The van der Waals surface area contributed by atoms with E-state index in [0.29, 0.717) is 30.9 Å². The van der Waals surface area contributed by atoms with Crippen LogP contribution >= 0.6 is 0 Å². The van der Waals surface area contributed by atoms with Crippen LogP contribution in [0.1, 0.15) is 18.9 Å². The number of alkyl halides is 2. The van der Waals surface area contributed by atoms with Gasteiger partial charge in [0.05, 0.1) is 6.61 Å². The average Bonchev–Trinajstić information content (AvgIpc) is 2.29. The molecule has 1 aromatic rings. The minimum atomic E-state index is -2.43. The van der Waals surface area contributed by atoms with Gasteiger partial charge in [-0.1, -0.05) is 25.1 Å². The van der Waals surface area contributed by atoms with Crippen LogP contribution in [0.25, 0.3) is 0 Å². The van der Waals surface area contributed by atoms with E-state index in [1.54, 1.807) is 24.3 Å². The lowest BCUT2D eigenvalue weighted by atomic mass is 9.84. The smallest absolute Gasteiger partial charge is 0.260 e. The molecule has 0 spiro atoms. The van der Waals surface area contributed by atoms with Crippen molar-refractivity contribution in [1.82, 2.24) is 5.32 Å². The fourth-order valence-electron chi connectivity index (χ4n) is 2.22. The Morgan fingerprint density at radius 2 is 2.19 bits per heavy atom. The molecule has 0 fully saturated rings. The monoisotopic (exact) mass is 227 g/mol. The second-order valence-corrected chi connectivity index (χ2v) is 3.90. The van der Waals surface area contributed by atoms with E-state index in [1.807, 2.05) is 6.92 Å². The largest absolute Gasteiger partial charge is 0.493 e. The standard InChI is InChI=1S/C12H15F2NO/c1-2-15-12(11(13)14)7-8-16-10-6-4-3-5-9(10)12/h3-6,11,15H,2,7-8H2,1H3. The first-order chi connectivity index (χ1) is 7.70. The van der Waals surface area contributed by atoms with Crippen molar-refractivity contribution in [3.63, 3.8) is 0 Å². The summed E-state index contributed by atoms with van der Waals surface area (Å²) in [7, 11) is 0. The summed E-state index contributed by atoms with van der Waals surface area (Å²) in [6, 6.07) is 7.01. The Morgan fingerprint density at radius 3 is 2.88 bits per heavy atom. The zero-order valence-corrected chi connectivity index (χ0v) is 9.17. The Hall–Kier alpha value is -1.16. The molecule has 1 aliphatic rings. The predicted molar refractivity (Wildman–Crippen MR) is 57.9 cm³/mol. The molecule has 2 rings (SSSR count). The fourth-order valence-corrected chi connectivity index (χ4v) is 2.22. The third-order valence-electron chi connectivity index (χ3n) is 2.99. The molecule has 16 heavy (non-hydrogen) atoms. The first-order valence-corrected chi connectivity index (χ1v) is 5.46. The molecule has 1 atom stereocenters. The second-order valence-electron chi connectivity index (χ2n) is 3.90. The van der Waals surface area contributed by atoms with Crippen molar-refractivity contribution in [2.24, 2.45) is 0 Å². The van der Waals surface area contributed by atoms with E-state index in [9.17, 15) is 8.78 Å². The highest BCUT2D eigenvalue weighted by molar-refractivity contribution is 5.41. The molecule has 0 saturated carbocycles. The van der Waals surface area contributed by atoms with E-state index < -0.39 is 12.0 Å². The molecule has 1 N–H and O–H groups in total. The van der Waals surface area contributed by atoms with Crippen LogP contribution in [-0.4, -0.2) is 19.6 Å². The number of halogens is 2. The number of benzene rings is 1. The molecule has 88 valence electrons. The molecule has 0 saturated heterocycles. The van der Waals surface area contributed by atoms with Gasteiger partial charge in [0.15, 0.2) is 0 Å². The zero-order chi connectivity index (χ0) is 11.6. The number of hydrogen-bond donors (Lipinski definition) is 1. The summed E-state index contributed by atoms with van der Waals surface area (Å²) in [5, 5.41) is 2.92. The topological polar surface area (TPSA) is 21.3 Å². The summed E-state index contributed by atoms with van der Waals surface area (Å²) in [4.78, 5) is 0. The maximum atomic E-state index is 13.3. The summed E-state index contributed by atoms with van der Waals surface area (Å²) in [5.74, 6) is 0.565. The first-order valence-electron chi connectivity index (χ1n) is 5.46. The molecular formula is C12H15F2NO. The molecule has 1 heterocycles. The van der Waals surface area contributed by atoms with Gasteiger partial charge in [-0.05, 0) is 12.6 Å². The number of hydrogen-bond acceptors (Lipinski definition) is 2. The number of nitrogens with one attached hydrogen (secondary N) is 1. The molecule has 0 aliphatic carbocycles. The quantitative estimate of drug-likeness (QED) is 0.856. The Morgan fingerprint density at radius 1 is 1.44 bits per heavy atom. The van der Waals surface area contributed by atoms with Crippen LogP contribution in [0.3, 0.4) is 0 Å². The maximum absolute atomic E-state index is 13.3. The lowest BCUT2D eigenvalue weighted by Gasteiger charge is -2.38. The van der Waals surface area contributed by atoms with Crippen molar-refractivity contribution in [2.45, 2.75) is 25.3 Å². The van der Waals surface area contributed by atoms with Gasteiger partial charge in [-0.3, -0.25) is 0 Å². The molecule has 1 unspecified atom stereocenters. The molecule has 0 amide bonds. The lowest BCUT2D eigenvalue weighted by molar-refractivity contribution is 0.00287. The number of rotatable bonds is 3. The van der Waals surface area contributed by atoms with Gasteiger partial charge in [0.25, 0.3) is 6.43 Å². The third-order valence-corrected chi connectivity index (χ3v) is 2.99. The molecular weight excluding hydrogens is 212 g/mol. The molecule has 0 bridgehead atoms. The van der Waals surface area contributed by atoms with Gasteiger partial charge in [0.2, 0.25) is 0 Å².